The smallest absolute Gasteiger partial charge is 0.351 e. The Balaban J connectivity index is 2.51. The highest BCUT2D eigenvalue weighted by Crippen LogP contribution is 2.34. The molecule has 0 radical (unpaired) electrons. The number of anilines is 1. The topological polar surface area (TPSA) is 175 Å². The number of esters is 4. The Bertz CT molecular complexity index is 986. The molecule has 0 spiro atoms. The highest BCUT2D eigenvalue weighted by Gasteiger charge is 2.51. The second-order valence-electron chi connectivity index (χ2n) is 6.64. The van der Waals surface area contributed by atoms with Gasteiger partial charge in [-0.15, -0.1) is 0 Å². The van der Waals surface area contributed by atoms with Gasteiger partial charge in [-0.05, 0) is 6.08 Å². The number of nitrogens with two attached hydrogens (primary N) is 1. The summed E-state index contributed by atoms with van der Waals surface area (Å²) in [6, 6.07) is 0. The van der Waals surface area contributed by atoms with Crippen LogP contribution in [0.25, 0.3) is 6.08 Å². The van der Waals surface area contributed by atoms with Crippen molar-refractivity contribution in [2.45, 2.75) is 45.3 Å². The zero-order valence-electron chi connectivity index (χ0n) is 17.8. The first-order valence-electron chi connectivity index (χ1n) is 9.31. The highest BCUT2D eigenvalue weighted by molar-refractivity contribution is 5.87. The summed E-state index contributed by atoms with van der Waals surface area (Å²) in [7, 11) is 1.18. The minimum Gasteiger partial charge on any atom is -0.466 e. The quantitative estimate of drug-likeness (QED) is 0.314. The van der Waals surface area contributed by atoms with Gasteiger partial charge in [0, 0.05) is 38.6 Å². The van der Waals surface area contributed by atoms with Crippen LogP contribution in [0.3, 0.4) is 0 Å². The summed E-state index contributed by atoms with van der Waals surface area (Å²) >= 11 is 0. The third kappa shape index (κ3) is 6.14. The molecule has 1 fully saturated rings. The molecule has 4 atom stereocenters. The van der Waals surface area contributed by atoms with E-state index in [-0.39, 0.29) is 18.0 Å². The fourth-order valence-corrected chi connectivity index (χ4v) is 2.95. The molecule has 1 saturated heterocycles. The van der Waals surface area contributed by atoms with Gasteiger partial charge >= 0.3 is 29.6 Å². The van der Waals surface area contributed by atoms with Crippen molar-refractivity contribution >= 4 is 35.8 Å². The fraction of sp³-hybridized carbons (Fsp3) is 0.474. The lowest BCUT2D eigenvalue weighted by molar-refractivity contribution is -0.166. The summed E-state index contributed by atoms with van der Waals surface area (Å²) in [5.41, 5.74) is 5.05. The van der Waals surface area contributed by atoms with Gasteiger partial charge in [0.25, 0.3) is 0 Å². The van der Waals surface area contributed by atoms with Crippen LogP contribution in [0.4, 0.5) is 5.82 Å². The molecular weight excluding hydrogens is 430 g/mol. The van der Waals surface area contributed by atoms with E-state index < -0.39 is 54.1 Å². The molecule has 1 aromatic heterocycles. The van der Waals surface area contributed by atoms with Crippen LogP contribution in [0.1, 0.15) is 32.6 Å². The van der Waals surface area contributed by atoms with Crippen molar-refractivity contribution in [1.82, 2.24) is 9.55 Å². The van der Waals surface area contributed by atoms with Gasteiger partial charge in [0.15, 0.2) is 18.4 Å². The van der Waals surface area contributed by atoms with E-state index in [0.29, 0.717) is 0 Å². The van der Waals surface area contributed by atoms with E-state index in [4.69, 9.17) is 24.7 Å². The van der Waals surface area contributed by atoms with E-state index in [1.807, 2.05) is 0 Å². The lowest BCUT2D eigenvalue weighted by Gasteiger charge is -2.24. The van der Waals surface area contributed by atoms with Gasteiger partial charge in [-0.25, -0.2) is 9.59 Å². The van der Waals surface area contributed by atoms with Gasteiger partial charge in [0.1, 0.15) is 18.5 Å². The van der Waals surface area contributed by atoms with Crippen LogP contribution in [-0.4, -0.2) is 65.5 Å². The summed E-state index contributed by atoms with van der Waals surface area (Å²) in [4.78, 5) is 62.2. The molecule has 0 bridgehead atoms. The van der Waals surface area contributed by atoms with E-state index in [1.54, 1.807) is 0 Å². The number of nitrogen functional groups attached to an aromatic ring is 1. The number of carbonyl (C=O) groups is 4. The molecule has 174 valence electrons. The molecule has 0 aliphatic carbocycles. The normalized spacial score (nSPS) is 22.4. The predicted molar refractivity (Wildman–Crippen MR) is 106 cm³/mol. The number of aromatic nitrogens is 2. The third-order valence-electron chi connectivity index (χ3n) is 4.23. The molecule has 13 nitrogen and oxygen atoms in total. The summed E-state index contributed by atoms with van der Waals surface area (Å²) in [6.07, 6.45) is -1.29. The monoisotopic (exact) mass is 453 g/mol. The van der Waals surface area contributed by atoms with Crippen LogP contribution in [0.5, 0.6) is 0 Å². The number of nitrogens with zero attached hydrogens (tertiary/aromatic N) is 2. The zero-order valence-corrected chi connectivity index (χ0v) is 17.8. The molecule has 2 rings (SSSR count). The Kier molecular flexibility index (Phi) is 8.07. The number of hydrogen-bond donors (Lipinski definition) is 1. The van der Waals surface area contributed by atoms with Crippen LogP contribution < -0.4 is 11.4 Å². The Hall–Kier alpha value is -3.74. The zero-order chi connectivity index (χ0) is 24.0. The first kappa shape index (κ1) is 24.5. The van der Waals surface area contributed by atoms with Crippen LogP contribution in [0.2, 0.25) is 0 Å². The van der Waals surface area contributed by atoms with Gasteiger partial charge < -0.3 is 29.4 Å². The number of hydrogen-bond acceptors (Lipinski definition) is 12. The SMILES string of the molecule is COC(=O)C=Cc1cn([C@@H]2O[C@H](COC(C)=O)[C@H](OC(C)=O)[C@H]2OC(C)=O)c(=O)nc1N. The molecule has 2 heterocycles. The van der Waals surface area contributed by atoms with Crippen LogP contribution in [0.15, 0.2) is 17.1 Å². The minimum atomic E-state index is -1.31. The number of rotatable bonds is 7. The van der Waals surface area contributed by atoms with E-state index in [1.165, 1.54) is 26.3 Å². The molecule has 0 unspecified atom stereocenters. The van der Waals surface area contributed by atoms with Gasteiger partial charge in [-0.1, -0.05) is 0 Å². The maximum Gasteiger partial charge on any atom is 0.351 e. The highest BCUT2D eigenvalue weighted by atomic mass is 16.7. The molecule has 13 heteroatoms. The molecule has 2 N–H and O–H groups in total. The maximum absolute atomic E-state index is 12.5. The van der Waals surface area contributed by atoms with Crippen LogP contribution >= 0.6 is 0 Å². The Morgan fingerprint density at radius 3 is 2.31 bits per heavy atom. The van der Waals surface area contributed by atoms with Crippen molar-refractivity contribution in [2.75, 3.05) is 19.5 Å². The first-order valence-corrected chi connectivity index (χ1v) is 9.31. The number of carbonyl (C=O) groups excluding carboxylic acids is 4. The van der Waals surface area contributed by atoms with Gasteiger partial charge in [0.05, 0.1) is 7.11 Å². The lowest BCUT2D eigenvalue weighted by Crippen LogP contribution is -2.42. The molecule has 0 amide bonds. The van der Waals surface area contributed by atoms with Crippen molar-refractivity contribution in [3.05, 3.63) is 28.3 Å². The standard InChI is InChI=1S/C19H23N3O10/c1-9(23)29-8-13-15(30-10(2)24)16(31-11(3)25)18(32-13)22-7-12(5-6-14(26)28-4)17(20)21-19(22)27/h5-7,13,15-16,18H,8H2,1-4H3,(H2,20,21,27)/t13-,15+,16-,18-/m1/s1. The Morgan fingerprint density at radius 2 is 1.75 bits per heavy atom. The predicted octanol–water partition coefficient (Wildman–Crippen LogP) is -0.664. The third-order valence-corrected chi connectivity index (χ3v) is 4.23. The van der Waals surface area contributed by atoms with Crippen molar-refractivity contribution < 1.29 is 42.9 Å². The molecule has 32 heavy (non-hydrogen) atoms. The Labute approximate surface area is 182 Å². The second-order valence-corrected chi connectivity index (χ2v) is 6.64. The molecule has 0 aromatic carbocycles. The first-order chi connectivity index (χ1) is 15.0. The number of methoxy groups -OCH3 is 1. The van der Waals surface area contributed by atoms with E-state index in [0.717, 1.165) is 24.5 Å². The summed E-state index contributed by atoms with van der Waals surface area (Å²) < 4.78 is 26.7. The van der Waals surface area contributed by atoms with E-state index in [2.05, 4.69) is 9.72 Å². The summed E-state index contributed by atoms with van der Waals surface area (Å²) in [5.74, 6) is -2.93. The molecular formula is C19H23N3O10. The van der Waals surface area contributed by atoms with E-state index >= 15 is 0 Å². The average Bonchev–Trinajstić information content (AvgIpc) is 3.01. The molecule has 1 aromatic rings. The minimum absolute atomic E-state index is 0.160. The van der Waals surface area contributed by atoms with Crippen LogP contribution in [0, 0.1) is 0 Å². The van der Waals surface area contributed by atoms with Gasteiger partial charge in [0.2, 0.25) is 0 Å². The van der Waals surface area contributed by atoms with Gasteiger partial charge in [-0.3, -0.25) is 19.0 Å². The summed E-state index contributed by atoms with van der Waals surface area (Å²) in [5, 5.41) is 0. The van der Waals surface area contributed by atoms with Crippen LogP contribution in [-0.2, 0) is 42.9 Å². The van der Waals surface area contributed by atoms with Crippen molar-refractivity contribution in [3.8, 4) is 0 Å². The van der Waals surface area contributed by atoms with Crippen molar-refractivity contribution in [2.24, 2.45) is 0 Å². The van der Waals surface area contributed by atoms with Crippen molar-refractivity contribution in [3.63, 3.8) is 0 Å². The largest absolute Gasteiger partial charge is 0.466 e. The number of ether oxygens (including phenoxy) is 5. The van der Waals surface area contributed by atoms with Crippen molar-refractivity contribution in [1.29, 1.82) is 0 Å². The molecule has 0 saturated carbocycles. The van der Waals surface area contributed by atoms with Gasteiger partial charge in [-0.2, -0.15) is 4.98 Å². The summed E-state index contributed by atoms with van der Waals surface area (Å²) in [6.45, 7) is 3.09. The Morgan fingerprint density at radius 1 is 1.12 bits per heavy atom. The maximum atomic E-state index is 12.5. The molecule has 1 aliphatic rings. The van der Waals surface area contributed by atoms with E-state index in [9.17, 15) is 24.0 Å². The molecule has 1 aliphatic heterocycles. The second kappa shape index (κ2) is 10.5. The average molecular weight is 453 g/mol. The fourth-order valence-electron chi connectivity index (χ4n) is 2.95. The lowest BCUT2D eigenvalue weighted by atomic mass is 10.1.